The van der Waals surface area contributed by atoms with Crippen molar-refractivity contribution in [2.75, 3.05) is 19.5 Å². The lowest BCUT2D eigenvalue weighted by Gasteiger charge is -2.08. The van der Waals surface area contributed by atoms with Crippen LogP contribution in [0.2, 0.25) is 0 Å². The fourth-order valence-electron chi connectivity index (χ4n) is 2.21. The van der Waals surface area contributed by atoms with Crippen molar-refractivity contribution in [3.63, 3.8) is 0 Å². The van der Waals surface area contributed by atoms with E-state index >= 15 is 0 Å². The number of carbonyl (C=O) groups is 1. The Balaban J connectivity index is 2.50. The van der Waals surface area contributed by atoms with Crippen molar-refractivity contribution >= 4 is 34.7 Å². The van der Waals surface area contributed by atoms with Crippen LogP contribution in [0.25, 0.3) is 11.0 Å². The first-order valence-corrected chi connectivity index (χ1v) is 7.62. The van der Waals surface area contributed by atoms with Crippen molar-refractivity contribution in [2.24, 2.45) is 11.5 Å². The number of carbonyl (C=O) groups excluding carboxylic acids is 1. The number of aromatic nitrogens is 4. The molecular weight excluding hydrogens is 366 g/mol. The SMILES string of the molecule is COC(=O)Nc1nc2c(C)nn(C/C(N)=C(/C=C(\N)Cl)OC)c2c(=O)[nH]1. The molecule has 26 heavy (non-hydrogen) atoms. The van der Waals surface area contributed by atoms with Crippen molar-refractivity contribution in [3.8, 4) is 0 Å². The molecule has 0 fully saturated rings. The topological polar surface area (TPSA) is 163 Å². The molecule has 0 radical (unpaired) electrons. The molecule has 6 N–H and O–H groups in total. The first-order chi connectivity index (χ1) is 12.3. The predicted molar refractivity (Wildman–Crippen MR) is 95.3 cm³/mol. The van der Waals surface area contributed by atoms with E-state index in [9.17, 15) is 9.59 Å². The second kappa shape index (κ2) is 7.78. The highest BCUT2D eigenvalue weighted by Crippen LogP contribution is 2.16. The summed E-state index contributed by atoms with van der Waals surface area (Å²) in [5, 5.41) is 6.55. The Kier molecular flexibility index (Phi) is 5.72. The zero-order valence-corrected chi connectivity index (χ0v) is 15.0. The number of aromatic amines is 1. The highest BCUT2D eigenvalue weighted by molar-refractivity contribution is 6.29. The van der Waals surface area contributed by atoms with Crippen LogP contribution in [0.15, 0.2) is 27.5 Å². The van der Waals surface area contributed by atoms with Gasteiger partial charge in [0.2, 0.25) is 5.95 Å². The lowest BCUT2D eigenvalue weighted by molar-refractivity contribution is 0.186. The summed E-state index contributed by atoms with van der Waals surface area (Å²) in [4.78, 5) is 30.3. The zero-order chi connectivity index (χ0) is 19.4. The van der Waals surface area contributed by atoms with E-state index in [2.05, 4.69) is 25.1 Å². The van der Waals surface area contributed by atoms with Crippen LogP contribution in [-0.4, -0.2) is 40.1 Å². The number of fused-ring (bicyclic) bond motifs is 1. The number of ether oxygens (including phenoxy) is 2. The maximum Gasteiger partial charge on any atom is 0.413 e. The van der Waals surface area contributed by atoms with Gasteiger partial charge in [-0.05, 0) is 6.92 Å². The Labute approximate surface area is 152 Å². The molecule has 0 aliphatic rings. The van der Waals surface area contributed by atoms with Crippen LogP contribution in [0.3, 0.4) is 0 Å². The summed E-state index contributed by atoms with van der Waals surface area (Å²) in [6.07, 6.45) is 0.580. The van der Waals surface area contributed by atoms with Gasteiger partial charge in [-0.15, -0.1) is 0 Å². The normalized spacial score (nSPS) is 12.7. The average molecular weight is 384 g/mol. The fourth-order valence-corrected chi connectivity index (χ4v) is 2.30. The average Bonchev–Trinajstić information content (AvgIpc) is 2.88. The van der Waals surface area contributed by atoms with Crippen molar-refractivity contribution in [2.45, 2.75) is 13.5 Å². The monoisotopic (exact) mass is 383 g/mol. The standard InChI is InChI=1S/C14H18ClN7O4/c1-6-10-11(12(23)19-13(18-10)20-14(24)26-3)22(21-6)5-7(16)8(25-2)4-9(15)17/h4H,5,16-17H2,1-3H3,(H2,18,19,20,23,24)/b8-7+,9-4-. The number of allylic oxidation sites excluding steroid dienone is 2. The number of nitrogens with one attached hydrogen (secondary N) is 2. The van der Waals surface area contributed by atoms with Crippen molar-refractivity contribution in [1.29, 1.82) is 0 Å². The Bertz CT molecular complexity index is 956. The third-order valence-corrected chi connectivity index (χ3v) is 3.41. The molecule has 0 aliphatic carbocycles. The third kappa shape index (κ3) is 4.06. The van der Waals surface area contributed by atoms with E-state index in [0.717, 1.165) is 0 Å². The molecule has 0 aliphatic heterocycles. The summed E-state index contributed by atoms with van der Waals surface area (Å²) in [7, 11) is 2.60. The summed E-state index contributed by atoms with van der Waals surface area (Å²) in [6.45, 7) is 1.70. The maximum absolute atomic E-state index is 12.4. The van der Waals surface area contributed by atoms with Gasteiger partial charge in [0.05, 0.1) is 32.2 Å². The molecule has 0 unspecified atom stereocenters. The molecule has 2 aromatic heterocycles. The van der Waals surface area contributed by atoms with E-state index < -0.39 is 11.7 Å². The summed E-state index contributed by atoms with van der Waals surface area (Å²) in [5.74, 6) is 0.183. The molecule has 140 valence electrons. The number of anilines is 1. The van der Waals surface area contributed by atoms with Gasteiger partial charge in [-0.1, -0.05) is 11.6 Å². The Morgan fingerprint density at radius 1 is 1.38 bits per heavy atom. The van der Waals surface area contributed by atoms with E-state index in [1.165, 1.54) is 25.0 Å². The largest absolute Gasteiger partial charge is 0.495 e. The minimum Gasteiger partial charge on any atom is -0.495 e. The van der Waals surface area contributed by atoms with Gasteiger partial charge in [-0.3, -0.25) is 19.8 Å². The molecule has 11 nitrogen and oxygen atoms in total. The zero-order valence-electron chi connectivity index (χ0n) is 14.3. The molecule has 0 saturated carbocycles. The van der Waals surface area contributed by atoms with Gasteiger partial charge < -0.3 is 20.9 Å². The molecule has 2 rings (SSSR count). The summed E-state index contributed by atoms with van der Waals surface area (Å²) in [5.41, 5.74) is 12.1. The number of halogens is 1. The molecule has 0 spiro atoms. The number of H-pyrrole nitrogens is 1. The summed E-state index contributed by atoms with van der Waals surface area (Å²) >= 11 is 5.63. The minimum atomic E-state index is -0.764. The fraction of sp³-hybridized carbons (Fsp3) is 0.286. The molecule has 12 heteroatoms. The Morgan fingerprint density at radius 3 is 2.65 bits per heavy atom. The minimum absolute atomic E-state index is 0.00987. The van der Waals surface area contributed by atoms with Gasteiger partial charge in [0.1, 0.15) is 16.4 Å². The number of nitrogens with two attached hydrogens (primary N) is 2. The second-order valence-electron chi connectivity index (χ2n) is 5.09. The van der Waals surface area contributed by atoms with Crippen LogP contribution in [0.5, 0.6) is 0 Å². The Hall–Kier alpha value is -3.21. The number of methoxy groups -OCH3 is 2. The molecule has 0 saturated heterocycles. The smallest absolute Gasteiger partial charge is 0.413 e. The van der Waals surface area contributed by atoms with Crippen LogP contribution >= 0.6 is 11.6 Å². The first kappa shape index (κ1) is 19.1. The van der Waals surface area contributed by atoms with E-state index in [1.807, 2.05) is 0 Å². The number of aryl methyl sites for hydroxylation is 1. The van der Waals surface area contributed by atoms with Crippen LogP contribution in [0.4, 0.5) is 10.7 Å². The van der Waals surface area contributed by atoms with E-state index in [0.29, 0.717) is 11.2 Å². The molecule has 0 aromatic carbocycles. The number of nitrogens with zero attached hydrogens (tertiary/aromatic N) is 3. The predicted octanol–water partition coefficient (Wildman–Crippen LogP) is 0.462. The molecular formula is C14H18ClN7O4. The van der Waals surface area contributed by atoms with Gasteiger partial charge in [0.25, 0.3) is 5.56 Å². The summed E-state index contributed by atoms with van der Waals surface area (Å²) < 4.78 is 11.0. The van der Waals surface area contributed by atoms with E-state index in [1.54, 1.807) is 6.92 Å². The quantitative estimate of drug-likeness (QED) is 0.328. The van der Waals surface area contributed by atoms with Gasteiger partial charge in [-0.25, -0.2) is 9.78 Å². The van der Waals surface area contributed by atoms with E-state index in [4.69, 9.17) is 27.8 Å². The van der Waals surface area contributed by atoms with Crippen LogP contribution in [0, 0.1) is 6.92 Å². The van der Waals surface area contributed by atoms with Crippen molar-refractivity contribution in [3.05, 3.63) is 38.7 Å². The lowest BCUT2D eigenvalue weighted by Crippen LogP contribution is -2.20. The number of hydrogen-bond donors (Lipinski definition) is 4. The van der Waals surface area contributed by atoms with Crippen LogP contribution in [-0.2, 0) is 16.0 Å². The highest BCUT2D eigenvalue weighted by Gasteiger charge is 2.16. The maximum atomic E-state index is 12.4. The number of rotatable bonds is 5. The number of amides is 1. The molecule has 2 heterocycles. The van der Waals surface area contributed by atoms with E-state index in [-0.39, 0.29) is 34.6 Å². The molecule has 0 atom stereocenters. The van der Waals surface area contributed by atoms with Crippen molar-refractivity contribution < 1.29 is 14.3 Å². The Morgan fingerprint density at radius 2 is 2.08 bits per heavy atom. The van der Waals surface area contributed by atoms with Gasteiger partial charge in [0.15, 0.2) is 5.52 Å². The lowest BCUT2D eigenvalue weighted by atomic mass is 10.3. The van der Waals surface area contributed by atoms with Crippen LogP contribution in [0.1, 0.15) is 5.69 Å². The molecule has 1 amide bonds. The second-order valence-corrected chi connectivity index (χ2v) is 5.53. The third-order valence-electron chi connectivity index (χ3n) is 3.30. The number of hydrogen-bond acceptors (Lipinski definition) is 8. The highest BCUT2D eigenvalue weighted by atomic mass is 35.5. The van der Waals surface area contributed by atoms with Gasteiger partial charge in [-0.2, -0.15) is 5.10 Å². The van der Waals surface area contributed by atoms with Crippen LogP contribution < -0.4 is 22.3 Å². The first-order valence-electron chi connectivity index (χ1n) is 7.24. The van der Waals surface area contributed by atoms with Crippen molar-refractivity contribution in [1.82, 2.24) is 19.7 Å². The van der Waals surface area contributed by atoms with Gasteiger partial charge in [0, 0.05) is 6.08 Å². The van der Waals surface area contributed by atoms with Gasteiger partial charge >= 0.3 is 6.09 Å². The molecule has 2 aromatic rings. The molecule has 0 bridgehead atoms. The summed E-state index contributed by atoms with van der Waals surface area (Å²) in [6, 6.07) is 0.